The summed E-state index contributed by atoms with van der Waals surface area (Å²) in [5, 5.41) is 4.17. The summed E-state index contributed by atoms with van der Waals surface area (Å²) in [6.45, 7) is 6.04. The highest BCUT2D eigenvalue weighted by atomic mass is 32.1. The van der Waals surface area contributed by atoms with Gasteiger partial charge in [0, 0.05) is 12.6 Å². The van der Waals surface area contributed by atoms with E-state index < -0.39 is 0 Å². The van der Waals surface area contributed by atoms with Crippen LogP contribution in [0.5, 0.6) is 0 Å². The standard InChI is InChI=1S/C9H16N2OS/c1-6(2)10-9(13)11-4-8-3-7(11)5-12-8/h6-8H,3-5H2,1-2H3,(H,10,13). The smallest absolute Gasteiger partial charge is 0.169 e. The average Bonchev–Trinajstić information content (AvgIpc) is 2.62. The summed E-state index contributed by atoms with van der Waals surface area (Å²) in [5.74, 6) is 0. The summed E-state index contributed by atoms with van der Waals surface area (Å²) in [4.78, 5) is 2.27. The molecule has 2 unspecified atom stereocenters. The van der Waals surface area contributed by atoms with Gasteiger partial charge in [-0.15, -0.1) is 0 Å². The third-order valence-corrected chi connectivity index (χ3v) is 2.93. The first-order valence-corrected chi connectivity index (χ1v) is 5.26. The molecule has 0 aromatic rings. The second-order valence-corrected chi connectivity index (χ2v) is 4.49. The van der Waals surface area contributed by atoms with Crippen molar-refractivity contribution in [3.63, 3.8) is 0 Å². The third-order valence-electron chi connectivity index (χ3n) is 2.57. The zero-order valence-corrected chi connectivity index (χ0v) is 8.93. The molecule has 0 aliphatic carbocycles. The van der Waals surface area contributed by atoms with Crippen LogP contribution in [0.25, 0.3) is 0 Å². The second-order valence-electron chi connectivity index (χ2n) is 4.10. The van der Waals surface area contributed by atoms with Crippen LogP contribution in [-0.2, 0) is 4.74 Å². The molecule has 2 saturated heterocycles. The summed E-state index contributed by atoms with van der Waals surface area (Å²) < 4.78 is 5.51. The molecule has 4 heteroatoms. The molecule has 74 valence electrons. The summed E-state index contributed by atoms with van der Waals surface area (Å²) in [6, 6.07) is 0.955. The maximum atomic E-state index is 5.51. The van der Waals surface area contributed by atoms with Crippen LogP contribution in [-0.4, -0.2) is 41.4 Å². The molecule has 13 heavy (non-hydrogen) atoms. The van der Waals surface area contributed by atoms with Gasteiger partial charge in [-0.1, -0.05) is 0 Å². The molecule has 0 aromatic heterocycles. The number of hydrogen-bond donors (Lipinski definition) is 1. The van der Waals surface area contributed by atoms with Gasteiger partial charge < -0.3 is 15.0 Å². The third kappa shape index (κ3) is 1.79. The lowest BCUT2D eigenvalue weighted by Crippen LogP contribution is -2.48. The van der Waals surface area contributed by atoms with Crippen LogP contribution in [0.2, 0.25) is 0 Å². The molecule has 0 aromatic carbocycles. The second kappa shape index (κ2) is 3.42. The van der Waals surface area contributed by atoms with E-state index >= 15 is 0 Å². The van der Waals surface area contributed by atoms with Crippen molar-refractivity contribution < 1.29 is 4.74 Å². The van der Waals surface area contributed by atoms with Crippen molar-refractivity contribution >= 4 is 17.3 Å². The van der Waals surface area contributed by atoms with Gasteiger partial charge in [0.2, 0.25) is 0 Å². The van der Waals surface area contributed by atoms with Gasteiger partial charge in [-0.05, 0) is 32.5 Å². The minimum atomic E-state index is 0.424. The van der Waals surface area contributed by atoms with Gasteiger partial charge in [-0.3, -0.25) is 0 Å². The Labute approximate surface area is 84.4 Å². The van der Waals surface area contributed by atoms with Gasteiger partial charge in [0.05, 0.1) is 18.8 Å². The molecule has 0 amide bonds. The molecule has 2 aliphatic heterocycles. The Balaban J connectivity index is 1.91. The molecule has 2 bridgehead atoms. The summed E-state index contributed by atoms with van der Waals surface area (Å²) in [5.41, 5.74) is 0. The highest BCUT2D eigenvalue weighted by Gasteiger charge is 2.40. The molecule has 2 atom stereocenters. The van der Waals surface area contributed by atoms with E-state index in [9.17, 15) is 0 Å². The molecule has 2 aliphatic rings. The summed E-state index contributed by atoms with van der Waals surface area (Å²) in [6.07, 6.45) is 1.58. The lowest BCUT2D eigenvalue weighted by atomic mass is 10.2. The SMILES string of the molecule is CC(C)NC(=S)N1CC2CC1CO2. The molecule has 0 radical (unpaired) electrons. The molecule has 2 heterocycles. The molecule has 2 fully saturated rings. The van der Waals surface area contributed by atoms with E-state index in [-0.39, 0.29) is 0 Å². The zero-order chi connectivity index (χ0) is 9.42. The largest absolute Gasteiger partial charge is 0.374 e. The number of nitrogens with one attached hydrogen (secondary N) is 1. The zero-order valence-electron chi connectivity index (χ0n) is 8.12. The highest BCUT2D eigenvalue weighted by Crippen LogP contribution is 2.27. The van der Waals surface area contributed by atoms with Gasteiger partial charge in [0.15, 0.2) is 5.11 Å². The molecule has 1 N–H and O–H groups in total. The van der Waals surface area contributed by atoms with Crippen LogP contribution in [0, 0.1) is 0 Å². The average molecular weight is 200 g/mol. The minimum Gasteiger partial charge on any atom is -0.374 e. The molecule has 3 nitrogen and oxygen atoms in total. The summed E-state index contributed by atoms with van der Waals surface area (Å²) >= 11 is 5.31. The first kappa shape index (κ1) is 9.21. The van der Waals surface area contributed by atoms with Crippen molar-refractivity contribution in [1.82, 2.24) is 10.2 Å². The number of thiocarbonyl (C=S) groups is 1. The molecule has 2 rings (SSSR count). The van der Waals surface area contributed by atoms with E-state index in [1.165, 1.54) is 0 Å². The van der Waals surface area contributed by atoms with Gasteiger partial charge in [0.1, 0.15) is 0 Å². The number of fused-ring (bicyclic) bond motifs is 2. The topological polar surface area (TPSA) is 24.5 Å². The van der Waals surface area contributed by atoms with E-state index in [1.807, 2.05) is 0 Å². The molecule has 0 saturated carbocycles. The first-order valence-electron chi connectivity index (χ1n) is 4.85. The normalized spacial score (nSPS) is 31.5. The Morgan fingerprint density at radius 1 is 1.62 bits per heavy atom. The molecular formula is C9H16N2OS. The van der Waals surface area contributed by atoms with Crippen molar-refractivity contribution in [1.29, 1.82) is 0 Å². The van der Waals surface area contributed by atoms with Crippen LogP contribution in [0.4, 0.5) is 0 Å². The fraction of sp³-hybridized carbons (Fsp3) is 0.889. The summed E-state index contributed by atoms with van der Waals surface area (Å²) in [7, 11) is 0. The molecular weight excluding hydrogens is 184 g/mol. The quantitative estimate of drug-likeness (QED) is 0.631. The van der Waals surface area contributed by atoms with Crippen LogP contribution in [0.15, 0.2) is 0 Å². The van der Waals surface area contributed by atoms with Crippen molar-refractivity contribution in [3.8, 4) is 0 Å². The van der Waals surface area contributed by atoms with E-state index in [0.29, 0.717) is 18.2 Å². The fourth-order valence-electron chi connectivity index (χ4n) is 1.98. The van der Waals surface area contributed by atoms with Gasteiger partial charge >= 0.3 is 0 Å². The Morgan fingerprint density at radius 2 is 2.38 bits per heavy atom. The number of nitrogens with zero attached hydrogens (tertiary/aromatic N) is 1. The van der Waals surface area contributed by atoms with Crippen LogP contribution in [0.3, 0.4) is 0 Å². The van der Waals surface area contributed by atoms with Gasteiger partial charge in [-0.25, -0.2) is 0 Å². The van der Waals surface area contributed by atoms with E-state index in [0.717, 1.165) is 24.7 Å². The minimum absolute atomic E-state index is 0.424. The number of likely N-dealkylation sites (tertiary alicyclic amines) is 1. The first-order chi connectivity index (χ1) is 6.16. The number of hydrogen-bond acceptors (Lipinski definition) is 2. The predicted molar refractivity (Wildman–Crippen MR) is 55.7 cm³/mol. The Morgan fingerprint density at radius 3 is 2.85 bits per heavy atom. The lowest BCUT2D eigenvalue weighted by Gasteiger charge is -2.30. The van der Waals surface area contributed by atoms with Gasteiger partial charge in [-0.2, -0.15) is 0 Å². The Hall–Kier alpha value is -0.350. The fourth-order valence-corrected chi connectivity index (χ4v) is 2.44. The van der Waals surface area contributed by atoms with Crippen LogP contribution in [0.1, 0.15) is 20.3 Å². The lowest BCUT2D eigenvalue weighted by molar-refractivity contribution is 0.0562. The maximum Gasteiger partial charge on any atom is 0.169 e. The van der Waals surface area contributed by atoms with Crippen LogP contribution >= 0.6 is 12.2 Å². The number of morpholine rings is 1. The van der Waals surface area contributed by atoms with E-state index in [4.69, 9.17) is 17.0 Å². The van der Waals surface area contributed by atoms with Crippen molar-refractivity contribution in [3.05, 3.63) is 0 Å². The molecule has 0 spiro atoms. The number of rotatable bonds is 1. The van der Waals surface area contributed by atoms with E-state index in [1.54, 1.807) is 0 Å². The van der Waals surface area contributed by atoms with Crippen molar-refractivity contribution in [2.45, 2.75) is 38.5 Å². The monoisotopic (exact) mass is 200 g/mol. The maximum absolute atomic E-state index is 5.51. The van der Waals surface area contributed by atoms with Crippen molar-refractivity contribution in [2.75, 3.05) is 13.2 Å². The Kier molecular flexibility index (Phi) is 2.43. The van der Waals surface area contributed by atoms with E-state index in [2.05, 4.69) is 24.1 Å². The van der Waals surface area contributed by atoms with Gasteiger partial charge in [0.25, 0.3) is 0 Å². The van der Waals surface area contributed by atoms with Crippen LogP contribution < -0.4 is 5.32 Å². The van der Waals surface area contributed by atoms with Crippen molar-refractivity contribution in [2.24, 2.45) is 0 Å². The number of ether oxygens (including phenoxy) is 1. The highest BCUT2D eigenvalue weighted by molar-refractivity contribution is 7.80. The predicted octanol–water partition coefficient (Wildman–Crippen LogP) is 0.742. The Bertz CT molecular complexity index is 220.